The number of amides is 1. The summed E-state index contributed by atoms with van der Waals surface area (Å²) in [6.45, 7) is 11.7. The van der Waals surface area contributed by atoms with Crippen LogP contribution in [0.25, 0.3) is 0 Å². The van der Waals surface area contributed by atoms with Crippen LogP contribution in [0.3, 0.4) is 0 Å². The van der Waals surface area contributed by atoms with Crippen molar-refractivity contribution in [3.05, 3.63) is 17.0 Å². The van der Waals surface area contributed by atoms with E-state index in [2.05, 4.69) is 46.8 Å². The van der Waals surface area contributed by atoms with Gasteiger partial charge in [-0.3, -0.25) is 9.67 Å². The predicted octanol–water partition coefficient (Wildman–Crippen LogP) is 2.48. The van der Waals surface area contributed by atoms with Gasteiger partial charge in [-0.15, -0.1) is 24.0 Å². The first-order valence-electron chi connectivity index (χ1n) is 9.15. The second-order valence-corrected chi connectivity index (χ2v) is 6.77. The highest BCUT2D eigenvalue weighted by molar-refractivity contribution is 14.0. The molecule has 1 unspecified atom stereocenters. The fourth-order valence-electron chi connectivity index (χ4n) is 2.79. The van der Waals surface area contributed by atoms with Gasteiger partial charge in [0.2, 0.25) is 0 Å². The Balaban J connectivity index is 0.00000676. The van der Waals surface area contributed by atoms with Crippen LogP contribution in [0, 0.1) is 19.8 Å². The number of aromatic nitrogens is 2. The van der Waals surface area contributed by atoms with Crippen LogP contribution >= 0.6 is 24.0 Å². The van der Waals surface area contributed by atoms with Crippen LogP contribution in [-0.4, -0.2) is 48.1 Å². The Hall–Kier alpha value is -1.52. The lowest BCUT2D eigenvalue weighted by molar-refractivity contribution is 0.146. The van der Waals surface area contributed by atoms with Gasteiger partial charge in [-0.05, 0) is 33.1 Å². The SMILES string of the molecule is CCOC(=O)NC(CNC(=NC)NCc1c(C)nn(C)c1C)CC(C)C.I. The molecule has 0 aliphatic carbocycles. The van der Waals surface area contributed by atoms with Crippen LogP contribution in [-0.2, 0) is 18.3 Å². The lowest BCUT2D eigenvalue weighted by Crippen LogP contribution is -2.47. The Bertz CT molecular complexity index is 615. The standard InChI is InChI=1S/C18H34N6O2.HI/c1-8-26-18(25)22-15(9-12(2)3)10-20-17(19-6)21-11-16-13(4)23-24(7)14(16)5;/h12,15H,8-11H2,1-7H3,(H,22,25)(H2,19,20,21);1H. The highest BCUT2D eigenvalue weighted by Crippen LogP contribution is 2.11. The molecule has 1 atom stereocenters. The largest absolute Gasteiger partial charge is 0.450 e. The van der Waals surface area contributed by atoms with Crippen molar-refractivity contribution in [3.63, 3.8) is 0 Å². The molecule has 0 saturated carbocycles. The van der Waals surface area contributed by atoms with E-state index in [0.717, 1.165) is 17.8 Å². The van der Waals surface area contributed by atoms with Crippen molar-refractivity contribution >= 4 is 36.0 Å². The average molecular weight is 494 g/mol. The van der Waals surface area contributed by atoms with Gasteiger partial charge in [-0.1, -0.05) is 13.8 Å². The molecule has 0 aromatic carbocycles. The number of nitrogens with zero attached hydrogens (tertiary/aromatic N) is 3. The summed E-state index contributed by atoms with van der Waals surface area (Å²) in [4.78, 5) is 16.0. The average Bonchev–Trinajstić information content (AvgIpc) is 2.80. The topological polar surface area (TPSA) is 92.6 Å². The molecular weight excluding hydrogens is 459 g/mol. The molecule has 1 aromatic rings. The summed E-state index contributed by atoms with van der Waals surface area (Å²) >= 11 is 0. The molecule has 0 spiro atoms. The minimum Gasteiger partial charge on any atom is -0.450 e. The maximum atomic E-state index is 11.7. The van der Waals surface area contributed by atoms with Crippen molar-refractivity contribution in [1.82, 2.24) is 25.7 Å². The van der Waals surface area contributed by atoms with Gasteiger partial charge >= 0.3 is 6.09 Å². The monoisotopic (exact) mass is 494 g/mol. The van der Waals surface area contributed by atoms with E-state index in [4.69, 9.17) is 4.74 Å². The molecule has 0 bridgehead atoms. The molecule has 156 valence electrons. The first-order chi connectivity index (χ1) is 12.3. The highest BCUT2D eigenvalue weighted by atomic mass is 127. The third kappa shape index (κ3) is 8.81. The Morgan fingerprint density at radius 1 is 1.30 bits per heavy atom. The van der Waals surface area contributed by atoms with Gasteiger partial charge < -0.3 is 20.7 Å². The Morgan fingerprint density at radius 2 is 1.96 bits per heavy atom. The number of carbonyl (C=O) groups excluding carboxylic acids is 1. The quantitative estimate of drug-likeness (QED) is 0.294. The third-order valence-corrected chi connectivity index (χ3v) is 4.18. The lowest BCUT2D eigenvalue weighted by atomic mass is 10.0. The van der Waals surface area contributed by atoms with Gasteiger partial charge in [0.15, 0.2) is 5.96 Å². The number of guanidine groups is 1. The summed E-state index contributed by atoms with van der Waals surface area (Å²) in [7, 11) is 3.67. The zero-order chi connectivity index (χ0) is 19.7. The number of aryl methyl sites for hydroxylation is 2. The summed E-state index contributed by atoms with van der Waals surface area (Å²) in [5.41, 5.74) is 3.31. The number of carbonyl (C=O) groups is 1. The molecule has 0 aliphatic rings. The van der Waals surface area contributed by atoms with Crippen molar-refractivity contribution in [2.24, 2.45) is 18.0 Å². The Kier molecular flexibility index (Phi) is 12.1. The summed E-state index contributed by atoms with van der Waals surface area (Å²) in [6.07, 6.45) is 0.466. The molecule has 9 heteroatoms. The number of alkyl carbamates (subject to hydrolysis) is 1. The number of aliphatic imine (C=N–C) groups is 1. The normalized spacial score (nSPS) is 12.4. The van der Waals surface area contributed by atoms with Crippen LogP contribution in [0.5, 0.6) is 0 Å². The molecule has 0 aliphatic heterocycles. The number of nitrogens with one attached hydrogen (secondary N) is 3. The van der Waals surface area contributed by atoms with E-state index in [1.807, 2.05) is 18.7 Å². The second-order valence-electron chi connectivity index (χ2n) is 6.77. The number of hydrogen-bond donors (Lipinski definition) is 3. The number of ether oxygens (including phenoxy) is 1. The van der Waals surface area contributed by atoms with Crippen molar-refractivity contribution in [1.29, 1.82) is 0 Å². The van der Waals surface area contributed by atoms with E-state index in [-0.39, 0.29) is 36.1 Å². The highest BCUT2D eigenvalue weighted by Gasteiger charge is 2.16. The van der Waals surface area contributed by atoms with E-state index in [1.165, 1.54) is 5.56 Å². The van der Waals surface area contributed by atoms with Gasteiger partial charge in [0.25, 0.3) is 0 Å². The van der Waals surface area contributed by atoms with E-state index >= 15 is 0 Å². The maximum absolute atomic E-state index is 11.7. The van der Waals surface area contributed by atoms with Gasteiger partial charge in [0.1, 0.15) is 0 Å². The molecule has 0 fully saturated rings. The van der Waals surface area contributed by atoms with Gasteiger partial charge in [0, 0.05) is 44.5 Å². The fourth-order valence-corrected chi connectivity index (χ4v) is 2.79. The first kappa shape index (κ1) is 25.5. The fraction of sp³-hybridized carbons (Fsp3) is 0.722. The molecule has 8 nitrogen and oxygen atoms in total. The van der Waals surface area contributed by atoms with Gasteiger partial charge in [-0.2, -0.15) is 5.10 Å². The van der Waals surface area contributed by atoms with E-state index in [0.29, 0.717) is 31.6 Å². The smallest absolute Gasteiger partial charge is 0.407 e. The molecule has 0 saturated heterocycles. The number of hydrogen-bond acceptors (Lipinski definition) is 4. The van der Waals surface area contributed by atoms with Gasteiger partial charge in [0.05, 0.1) is 12.3 Å². The van der Waals surface area contributed by atoms with E-state index in [9.17, 15) is 4.79 Å². The molecule has 1 amide bonds. The lowest BCUT2D eigenvalue weighted by Gasteiger charge is -2.22. The minimum atomic E-state index is -0.385. The zero-order valence-electron chi connectivity index (χ0n) is 17.5. The van der Waals surface area contributed by atoms with Crippen LogP contribution in [0.2, 0.25) is 0 Å². The zero-order valence-corrected chi connectivity index (χ0v) is 19.9. The van der Waals surface area contributed by atoms with E-state index in [1.54, 1.807) is 14.0 Å². The van der Waals surface area contributed by atoms with Crippen molar-refractivity contribution in [2.75, 3.05) is 20.2 Å². The molecule has 1 heterocycles. The molecule has 1 rings (SSSR count). The van der Waals surface area contributed by atoms with Crippen molar-refractivity contribution in [2.45, 2.75) is 53.6 Å². The molecule has 1 aromatic heterocycles. The van der Waals surface area contributed by atoms with E-state index < -0.39 is 0 Å². The van der Waals surface area contributed by atoms with Crippen LogP contribution in [0.15, 0.2) is 4.99 Å². The summed E-state index contributed by atoms with van der Waals surface area (Å²) in [5, 5.41) is 13.9. The van der Waals surface area contributed by atoms with Gasteiger partial charge in [-0.25, -0.2) is 4.79 Å². The third-order valence-electron chi connectivity index (χ3n) is 4.18. The van der Waals surface area contributed by atoms with Crippen molar-refractivity contribution < 1.29 is 9.53 Å². The second kappa shape index (κ2) is 12.8. The summed E-state index contributed by atoms with van der Waals surface area (Å²) in [5.74, 6) is 1.14. The Morgan fingerprint density at radius 3 is 2.44 bits per heavy atom. The predicted molar refractivity (Wildman–Crippen MR) is 120 cm³/mol. The summed E-state index contributed by atoms with van der Waals surface area (Å²) < 4.78 is 6.87. The molecule has 0 radical (unpaired) electrons. The van der Waals surface area contributed by atoms with Crippen LogP contribution < -0.4 is 16.0 Å². The minimum absolute atomic E-state index is 0. The summed E-state index contributed by atoms with van der Waals surface area (Å²) in [6, 6.07) is -0.0329. The molecule has 3 N–H and O–H groups in total. The van der Waals surface area contributed by atoms with Crippen LogP contribution in [0.1, 0.15) is 44.1 Å². The maximum Gasteiger partial charge on any atom is 0.407 e. The van der Waals surface area contributed by atoms with Crippen molar-refractivity contribution in [3.8, 4) is 0 Å². The molecular formula is C18H35IN6O2. The Labute approximate surface area is 179 Å². The first-order valence-corrected chi connectivity index (χ1v) is 9.15. The van der Waals surface area contributed by atoms with Crippen LogP contribution in [0.4, 0.5) is 4.79 Å². The number of rotatable bonds is 8. The number of halogens is 1. The molecule has 27 heavy (non-hydrogen) atoms.